The number of ether oxygens (including phenoxy) is 5. The summed E-state index contributed by atoms with van der Waals surface area (Å²) in [6, 6.07) is 0. The van der Waals surface area contributed by atoms with Gasteiger partial charge in [0, 0.05) is 29.7 Å². The molecule has 2 saturated heterocycles. The van der Waals surface area contributed by atoms with Gasteiger partial charge in [-0.1, -0.05) is 26.8 Å². The molecule has 10 atom stereocenters. The SMILES string of the molecule is CC(=O)OC1CC2C(C)(C)OC(=O)C=CC2(C)C2CCC3(C)C(C4=CC(O)OC4=O)OC(=O)C4OC43C12C. The van der Waals surface area contributed by atoms with Crippen LogP contribution in [-0.2, 0) is 42.9 Å². The molecule has 0 aromatic rings. The van der Waals surface area contributed by atoms with Crippen LogP contribution in [0.4, 0.5) is 0 Å². The van der Waals surface area contributed by atoms with Crippen LogP contribution in [0.2, 0.25) is 0 Å². The van der Waals surface area contributed by atoms with E-state index in [-0.39, 0.29) is 17.4 Å². The molecule has 6 rings (SSSR count). The van der Waals surface area contributed by atoms with Gasteiger partial charge in [-0.25, -0.2) is 14.4 Å². The minimum atomic E-state index is -1.42. The van der Waals surface area contributed by atoms with Gasteiger partial charge in [-0.2, -0.15) is 0 Å². The topological polar surface area (TPSA) is 138 Å². The molecule has 10 heteroatoms. The van der Waals surface area contributed by atoms with E-state index in [9.17, 15) is 24.3 Å². The highest BCUT2D eigenvalue weighted by atomic mass is 16.7. The summed E-state index contributed by atoms with van der Waals surface area (Å²) in [4.78, 5) is 51.0. The van der Waals surface area contributed by atoms with E-state index < -0.39 is 75.9 Å². The summed E-state index contributed by atoms with van der Waals surface area (Å²) in [6.45, 7) is 11.2. The van der Waals surface area contributed by atoms with Gasteiger partial charge in [0.2, 0.25) is 6.29 Å². The maximum Gasteiger partial charge on any atom is 0.340 e. The number of hydrogen-bond donors (Lipinski definition) is 1. The van der Waals surface area contributed by atoms with Gasteiger partial charge in [-0.15, -0.1) is 0 Å². The monoisotopic (exact) mass is 530 g/mol. The molecule has 38 heavy (non-hydrogen) atoms. The molecule has 0 bridgehead atoms. The van der Waals surface area contributed by atoms with Crippen molar-refractivity contribution in [2.45, 2.75) is 96.6 Å². The van der Waals surface area contributed by atoms with Crippen LogP contribution >= 0.6 is 0 Å². The zero-order valence-corrected chi connectivity index (χ0v) is 22.4. The molecule has 2 aliphatic carbocycles. The highest BCUT2D eigenvalue weighted by Crippen LogP contribution is 2.78. The van der Waals surface area contributed by atoms with Crippen molar-refractivity contribution in [2.75, 3.05) is 0 Å². The molecule has 10 unspecified atom stereocenters. The first-order chi connectivity index (χ1) is 17.6. The quantitative estimate of drug-likeness (QED) is 0.321. The van der Waals surface area contributed by atoms with Crippen molar-refractivity contribution < 1.29 is 48.0 Å². The maximum atomic E-state index is 13.3. The minimum absolute atomic E-state index is 0.0853. The second kappa shape index (κ2) is 7.47. The molecule has 1 N–H and O–H groups in total. The summed E-state index contributed by atoms with van der Waals surface area (Å²) in [5.41, 5.74) is -4.23. The maximum absolute atomic E-state index is 13.3. The van der Waals surface area contributed by atoms with Crippen LogP contribution in [0, 0.1) is 28.1 Å². The van der Waals surface area contributed by atoms with Crippen molar-refractivity contribution in [3.63, 3.8) is 0 Å². The lowest BCUT2D eigenvalue weighted by molar-refractivity contribution is -0.253. The van der Waals surface area contributed by atoms with Crippen LogP contribution in [0.1, 0.15) is 60.8 Å². The lowest BCUT2D eigenvalue weighted by Crippen LogP contribution is -2.73. The number of hydrogen-bond acceptors (Lipinski definition) is 10. The Morgan fingerprint density at radius 1 is 1.05 bits per heavy atom. The predicted molar refractivity (Wildman–Crippen MR) is 128 cm³/mol. The van der Waals surface area contributed by atoms with Crippen molar-refractivity contribution in [1.29, 1.82) is 0 Å². The number of epoxide rings is 1. The van der Waals surface area contributed by atoms with Crippen molar-refractivity contribution in [3.05, 3.63) is 23.8 Å². The van der Waals surface area contributed by atoms with Crippen LogP contribution in [0.15, 0.2) is 23.8 Å². The largest absolute Gasteiger partial charge is 0.462 e. The van der Waals surface area contributed by atoms with Gasteiger partial charge >= 0.3 is 23.9 Å². The van der Waals surface area contributed by atoms with Crippen molar-refractivity contribution in [1.82, 2.24) is 0 Å². The number of esters is 4. The van der Waals surface area contributed by atoms with Gasteiger partial charge in [0.25, 0.3) is 0 Å². The Balaban J connectivity index is 1.54. The molecule has 10 nitrogen and oxygen atoms in total. The van der Waals surface area contributed by atoms with Gasteiger partial charge in [0.1, 0.15) is 23.4 Å². The molecule has 6 aliphatic rings. The number of carbonyl (C=O) groups is 4. The van der Waals surface area contributed by atoms with Crippen molar-refractivity contribution >= 4 is 23.9 Å². The number of fused-ring (bicyclic) bond motifs is 3. The molecule has 0 amide bonds. The molecule has 4 heterocycles. The summed E-state index contributed by atoms with van der Waals surface area (Å²) < 4.78 is 29.1. The fourth-order valence-corrected chi connectivity index (χ4v) is 9.31. The van der Waals surface area contributed by atoms with Crippen LogP contribution in [0.3, 0.4) is 0 Å². The Bertz CT molecular complexity index is 1220. The Morgan fingerprint density at radius 2 is 1.76 bits per heavy atom. The van der Waals surface area contributed by atoms with Crippen molar-refractivity contribution in [2.24, 2.45) is 28.1 Å². The van der Waals surface area contributed by atoms with Gasteiger partial charge < -0.3 is 28.8 Å². The van der Waals surface area contributed by atoms with E-state index in [4.69, 9.17) is 23.7 Å². The Labute approximate surface area is 220 Å². The fourth-order valence-electron chi connectivity index (χ4n) is 9.31. The molecule has 0 radical (unpaired) electrons. The zero-order valence-electron chi connectivity index (χ0n) is 22.4. The summed E-state index contributed by atoms with van der Waals surface area (Å²) in [7, 11) is 0. The number of rotatable bonds is 2. The molecule has 1 spiro atoms. The summed E-state index contributed by atoms with van der Waals surface area (Å²) in [5.74, 6) is -2.60. The first-order valence-corrected chi connectivity index (χ1v) is 13.2. The standard InChI is InChI=1S/C28H34O10/c1-13(29)34-17-12-16-24(2,3)37-18(30)8-9-25(16,4)15-7-10-26(5)20(14-11-19(31)35-22(14)32)36-23(33)21-28(26,38-21)27(15,17)6/h8-9,11,15-17,19-21,31H,7,10,12H2,1-6H3. The third-order valence-corrected chi connectivity index (χ3v) is 10.7. The average molecular weight is 531 g/mol. The van der Waals surface area contributed by atoms with Gasteiger partial charge in [-0.05, 0) is 50.5 Å². The first-order valence-electron chi connectivity index (χ1n) is 13.2. The number of cyclic esters (lactones) is 3. The van der Waals surface area contributed by atoms with Crippen LogP contribution in [0.25, 0.3) is 0 Å². The second-order valence-corrected chi connectivity index (χ2v) is 12.9. The molecule has 4 aliphatic heterocycles. The van der Waals surface area contributed by atoms with E-state index in [1.807, 2.05) is 33.8 Å². The predicted octanol–water partition coefficient (Wildman–Crippen LogP) is 2.12. The van der Waals surface area contributed by atoms with Gasteiger partial charge in [0.15, 0.2) is 6.10 Å². The molecule has 0 aromatic heterocycles. The molecular formula is C28H34O10. The van der Waals surface area contributed by atoms with Gasteiger partial charge in [-0.3, -0.25) is 4.79 Å². The molecular weight excluding hydrogens is 496 g/mol. The number of aliphatic hydroxyl groups is 1. The van der Waals surface area contributed by atoms with Crippen LogP contribution < -0.4 is 0 Å². The second-order valence-electron chi connectivity index (χ2n) is 12.9. The fraction of sp³-hybridized carbons (Fsp3) is 0.714. The van der Waals surface area contributed by atoms with Crippen LogP contribution in [-0.4, -0.2) is 64.8 Å². The lowest BCUT2D eigenvalue weighted by Gasteiger charge is -2.67. The third-order valence-electron chi connectivity index (χ3n) is 10.7. The summed E-state index contributed by atoms with van der Waals surface area (Å²) >= 11 is 0. The molecule has 206 valence electrons. The number of carbonyl (C=O) groups excluding carboxylic acids is 4. The minimum Gasteiger partial charge on any atom is -0.462 e. The third kappa shape index (κ3) is 2.90. The first kappa shape index (κ1) is 25.6. The van der Waals surface area contributed by atoms with E-state index in [0.29, 0.717) is 19.3 Å². The average Bonchev–Trinajstić information content (AvgIpc) is 3.51. The number of aliphatic hydroxyl groups excluding tert-OH is 1. The summed E-state index contributed by atoms with van der Waals surface area (Å²) in [6.07, 6.45) is 2.18. The Kier molecular flexibility index (Phi) is 5.02. The number of allylic oxidation sites excluding steroid dienone is 1. The normalized spacial score (nSPS) is 50.1. The van der Waals surface area contributed by atoms with E-state index in [1.54, 1.807) is 0 Å². The zero-order chi connectivity index (χ0) is 27.6. The van der Waals surface area contributed by atoms with E-state index in [0.717, 1.165) is 0 Å². The molecule has 0 aromatic carbocycles. The highest BCUT2D eigenvalue weighted by molar-refractivity contribution is 5.94. The Morgan fingerprint density at radius 3 is 2.39 bits per heavy atom. The Hall–Kier alpha value is -2.72. The van der Waals surface area contributed by atoms with Crippen LogP contribution in [0.5, 0.6) is 0 Å². The smallest absolute Gasteiger partial charge is 0.340 e. The van der Waals surface area contributed by atoms with E-state index in [2.05, 4.69) is 6.92 Å². The van der Waals surface area contributed by atoms with E-state index in [1.165, 1.54) is 19.1 Å². The highest BCUT2D eigenvalue weighted by Gasteiger charge is 2.88. The molecule has 2 saturated carbocycles. The molecule has 4 fully saturated rings. The van der Waals surface area contributed by atoms with E-state index >= 15 is 0 Å². The van der Waals surface area contributed by atoms with Gasteiger partial charge in [0.05, 0.1) is 5.57 Å². The van der Waals surface area contributed by atoms with Crippen molar-refractivity contribution in [3.8, 4) is 0 Å². The lowest BCUT2D eigenvalue weighted by atomic mass is 9.37. The summed E-state index contributed by atoms with van der Waals surface area (Å²) in [5, 5.41) is 9.97.